The van der Waals surface area contributed by atoms with E-state index in [1.165, 1.54) is 0 Å². The van der Waals surface area contributed by atoms with Crippen LogP contribution >= 0.6 is 0 Å². The molecule has 2 saturated heterocycles. The molecule has 0 aromatic heterocycles. The number of carbonyl (C=O) groups excluding carboxylic acids is 4. The van der Waals surface area contributed by atoms with Gasteiger partial charge in [-0.15, -0.1) is 0 Å². The van der Waals surface area contributed by atoms with Gasteiger partial charge in [-0.25, -0.2) is 9.59 Å². The van der Waals surface area contributed by atoms with Crippen LogP contribution in [0.2, 0.25) is 0 Å². The summed E-state index contributed by atoms with van der Waals surface area (Å²) in [6.45, 7) is 5.34. The molecule has 2 heterocycles. The predicted molar refractivity (Wildman–Crippen MR) is 127 cm³/mol. The van der Waals surface area contributed by atoms with E-state index in [1.54, 1.807) is 6.92 Å². The Morgan fingerprint density at radius 3 is 2.50 bits per heavy atom. The summed E-state index contributed by atoms with van der Waals surface area (Å²) in [7, 11) is 1.10. The summed E-state index contributed by atoms with van der Waals surface area (Å²) in [6, 6.07) is 0. The first-order chi connectivity index (χ1) is 17.9. The quantitative estimate of drug-likeness (QED) is 0.242. The third-order valence-corrected chi connectivity index (χ3v) is 10.5. The minimum absolute atomic E-state index is 0.0476. The fourth-order valence-corrected chi connectivity index (χ4v) is 8.95. The largest absolute Gasteiger partial charge is 0.467 e. The molecule has 3 N–H and O–H groups in total. The molecular weight excluding hydrogens is 500 g/mol. The van der Waals surface area contributed by atoms with Gasteiger partial charge in [0.05, 0.1) is 25.7 Å². The van der Waals surface area contributed by atoms with E-state index >= 15 is 0 Å². The smallest absolute Gasteiger partial charge is 0.348 e. The minimum atomic E-state index is -2.21. The van der Waals surface area contributed by atoms with Crippen molar-refractivity contribution in [1.29, 1.82) is 0 Å². The predicted octanol–water partition coefficient (Wildman–Crippen LogP) is 0.296. The Bertz CT molecular complexity index is 1030. The number of Topliss-reactive ketones (excluding diaryl/α,β-unsaturated/α-hetero) is 1. The Morgan fingerprint density at radius 1 is 1.13 bits per heavy atom. The number of ether oxygens (including phenoxy) is 4. The average molecular weight is 539 g/mol. The van der Waals surface area contributed by atoms with Crippen molar-refractivity contribution in [2.75, 3.05) is 13.7 Å². The highest BCUT2D eigenvalue weighted by atomic mass is 16.6. The van der Waals surface area contributed by atoms with E-state index in [0.29, 0.717) is 6.42 Å². The van der Waals surface area contributed by atoms with E-state index in [9.17, 15) is 34.5 Å². The van der Waals surface area contributed by atoms with E-state index in [4.69, 9.17) is 18.9 Å². The summed E-state index contributed by atoms with van der Waals surface area (Å²) in [5.41, 5.74) is -4.78. The Labute approximate surface area is 221 Å². The normalized spacial score (nSPS) is 49.0. The van der Waals surface area contributed by atoms with Gasteiger partial charge < -0.3 is 34.3 Å². The number of hydrogen-bond donors (Lipinski definition) is 3. The molecule has 0 aromatic rings. The highest BCUT2D eigenvalue weighted by Crippen LogP contribution is 2.72. The number of methoxy groups -OCH3 is 1. The fourth-order valence-electron chi connectivity index (χ4n) is 8.95. The molecule has 5 fully saturated rings. The first-order valence-corrected chi connectivity index (χ1v) is 13.6. The molecule has 3 saturated carbocycles. The van der Waals surface area contributed by atoms with Crippen LogP contribution in [0.5, 0.6) is 0 Å². The van der Waals surface area contributed by atoms with Crippen LogP contribution in [0.3, 0.4) is 0 Å². The topological polar surface area (TPSA) is 166 Å². The second-order valence-corrected chi connectivity index (χ2v) is 12.1. The number of hydrogen-bond acceptors (Lipinski definition) is 11. The molecular formula is C27H38O11. The first-order valence-electron chi connectivity index (χ1n) is 13.6. The van der Waals surface area contributed by atoms with Gasteiger partial charge in [0.1, 0.15) is 18.3 Å². The molecule has 38 heavy (non-hydrogen) atoms. The van der Waals surface area contributed by atoms with Crippen LogP contribution in [0.4, 0.5) is 0 Å². The zero-order chi connectivity index (χ0) is 27.8. The van der Waals surface area contributed by atoms with Crippen molar-refractivity contribution in [1.82, 2.24) is 0 Å². The van der Waals surface area contributed by atoms with Crippen molar-refractivity contribution in [2.45, 2.75) is 95.4 Å². The maximum Gasteiger partial charge on any atom is 0.348 e. The molecule has 1 unspecified atom stereocenters. The number of aliphatic hydroxyl groups excluding tert-OH is 3. The van der Waals surface area contributed by atoms with E-state index in [-0.39, 0.29) is 43.5 Å². The maximum absolute atomic E-state index is 13.5. The molecule has 11 heteroatoms. The third-order valence-electron chi connectivity index (χ3n) is 10.5. The third kappa shape index (κ3) is 3.28. The molecule has 2 aliphatic heterocycles. The summed E-state index contributed by atoms with van der Waals surface area (Å²) in [4.78, 5) is 52.5. The van der Waals surface area contributed by atoms with Gasteiger partial charge in [-0.1, -0.05) is 33.6 Å². The van der Waals surface area contributed by atoms with Gasteiger partial charge in [-0.05, 0) is 24.7 Å². The van der Waals surface area contributed by atoms with Gasteiger partial charge in [0, 0.05) is 29.6 Å². The lowest BCUT2D eigenvalue weighted by molar-refractivity contribution is -0.306. The molecule has 0 radical (unpaired) electrons. The number of carbonyl (C=O) groups is 4. The number of fused-ring (bicyclic) bond motifs is 2. The van der Waals surface area contributed by atoms with Gasteiger partial charge in [0.25, 0.3) is 0 Å². The van der Waals surface area contributed by atoms with E-state index in [2.05, 4.69) is 0 Å². The molecule has 0 aromatic carbocycles. The van der Waals surface area contributed by atoms with Crippen LogP contribution < -0.4 is 0 Å². The van der Waals surface area contributed by atoms with Gasteiger partial charge in [0.15, 0.2) is 5.78 Å². The highest BCUT2D eigenvalue weighted by Gasteiger charge is 2.86. The van der Waals surface area contributed by atoms with Crippen molar-refractivity contribution in [2.24, 2.45) is 34.5 Å². The standard InChI is InChI=1S/C27H38O11/c1-5-6-7-8-16(29)38-18-20-26-11-36-27(20,24(34)35-4)22(32)17(30)19(26)25(3)13(10-15(26)37-23(18)33)12(2)9-14(28)21(25)31/h12-13,15,17-22,30-32H,5-11H2,1-4H3/t12?,13-,15+,17+,18+,19+,20+,21+,22-,25-,26+,27+/m0/s1. The average Bonchev–Trinajstić information content (AvgIpc) is 3.18. The second-order valence-electron chi connectivity index (χ2n) is 12.1. The molecule has 0 amide bonds. The first kappa shape index (κ1) is 27.5. The second kappa shape index (κ2) is 9.25. The SMILES string of the molecule is CCCCCC(=O)O[C@H]1C(=O)O[C@@H]2C[C@H]3C(C)CC(=O)[C@@H](O)[C@]3(C)[C@H]3[C@@H](O)[C@H](O)[C@]4(C(=O)OC)OC[C@]32[C@@H]14. The number of rotatable bonds is 6. The van der Waals surface area contributed by atoms with Crippen molar-refractivity contribution in [3.8, 4) is 0 Å². The summed E-state index contributed by atoms with van der Waals surface area (Å²) in [5.74, 6) is -5.72. The summed E-state index contributed by atoms with van der Waals surface area (Å²) >= 11 is 0. The number of ketones is 1. The number of aliphatic hydroxyl groups is 3. The zero-order valence-corrected chi connectivity index (χ0v) is 22.3. The molecule has 12 atom stereocenters. The lowest BCUT2D eigenvalue weighted by Crippen LogP contribution is -2.80. The molecule has 5 rings (SSSR count). The summed E-state index contributed by atoms with van der Waals surface area (Å²) in [5, 5.41) is 34.6. The van der Waals surface area contributed by atoms with Crippen molar-refractivity contribution in [3.05, 3.63) is 0 Å². The molecule has 1 spiro atoms. The Balaban J connectivity index is 1.67. The van der Waals surface area contributed by atoms with E-state index in [1.807, 2.05) is 13.8 Å². The summed E-state index contributed by atoms with van der Waals surface area (Å²) in [6.07, 6.45) is -4.82. The van der Waals surface area contributed by atoms with E-state index < -0.39 is 76.7 Å². The van der Waals surface area contributed by atoms with E-state index in [0.717, 1.165) is 20.0 Å². The Hall–Kier alpha value is -2.08. The zero-order valence-electron chi connectivity index (χ0n) is 22.3. The molecule has 11 nitrogen and oxygen atoms in total. The molecule has 3 aliphatic carbocycles. The summed E-state index contributed by atoms with van der Waals surface area (Å²) < 4.78 is 22.7. The van der Waals surface area contributed by atoms with Crippen LogP contribution in [0.1, 0.15) is 59.3 Å². The van der Waals surface area contributed by atoms with Gasteiger partial charge in [-0.3, -0.25) is 9.59 Å². The van der Waals surface area contributed by atoms with Crippen LogP contribution in [-0.2, 0) is 38.1 Å². The van der Waals surface area contributed by atoms with Crippen molar-refractivity contribution < 1.29 is 53.4 Å². The lowest BCUT2D eigenvalue weighted by atomic mass is 9.37. The van der Waals surface area contributed by atoms with Crippen LogP contribution in [0, 0.1) is 34.5 Å². The van der Waals surface area contributed by atoms with Gasteiger partial charge in [0.2, 0.25) is 11.7 Å². The van der Waals surface area contributed by atoms with Gasteiger partial charge in [-0.2, -0.15) is 0 Å². The maximum atomic E-state index is 13.5. The number of unbranched alkanes of at least 4 members (excludes halogenated alkanes) is 2. The minimum Gasteiger partial charge on any atom is -0.467 e. The van der Waals surface area contributed by atoms with Crippen LogP contribution in [0.25, 0.3) is 0 Å². The monoisotopic (exact) mass is 538 g/mol. The number of esters is 3. The Kier molecular flexibility index (Phi) is 6.69. The van der Waals surface area contributed by atoms with Crippen molar-refractivity contribution >= 4 is 23.7 Å². The highest BCUT2D eigenvalue weighted by molar-refractivity contribution is 5.88. The molecule has 2 bridgehead atoms. The fraction of sp³-hybridized carbons (Fsp3) is 0.852. The van der Waals surface area contributed by atoms with Crippen molar-refractivity contribution in [3.63, 3.8) is 0 Å². The Morgan fingerprint density at radius 2 is 1.84 bits per heavy atom. The molecule has 212 valence electrons. The molecule has 5 aliphatic rings. The van der Waals surface area contributed by atoms with Crippen LogP contribution in [-0.4, -0.2) is 88.8 Å². The van der Waals surface area contributed by atoms with Crippen LogP contribution in [0.15, 0.2) is 0 Å². The lowest BCUT2D eigenvalue weighted by Gasteiger charge is -2.68. The van der Waals surface area contributed by atoms with Gasteiger partial charge >= 0.3 is 17.9 Å².